The van der Waals surface area contributed by atoms with Gasteiger partial charge in [-0.1, -0.05) is 24.1 Å². The summed E-state index contributed by atoms with van der Waals surface area (Å²) in [5.74, 6) is 0.844. The Morgan fingerprint density at radius 3 is 2.86 bits per heavy atom. The summed E-state index contributed by atoms with van der Waals surface area (Å²) >= 11 is 1.56. The Hall–Kier alpha value is -2.03. The van der Waals surface area contributed by atoms with Crippen LogP contribution in [0.25, 0.3) is 10.6 Å². The number of hydrogen-bond acceptors (Lipinski definition) is 8. The maximum atomic E-state index is 12.2. The molecule has 1 saturated heterocycles. The van der Waals surface area contributed by atoms with Gasteiger partial charge in [0.1, 0.15) is 12.3 Å². The Morgan fingerprint density at radius 1 is 1.28 bits per heavy atom. The molecule has 2 aromatic rings. The number of nitrogens with zero attached hydrogens (tertiary/aromatic N) is 2. The molecule has 29 heavy (non-hydrogen) atoms. The summed E-state index contributed by atoms with van der Waals surface area (Å²) in [4.78, 5) is 27.0. The molecule has 1 N–H and O–H groups in total. The van der Waals surface area contributed by atoms with Crippen molar-refractivity contribution in [3.8, 4) is 10.6 Å². The van der Waals surface area contributed by atoms with Crippen LogP contribution >= 0.6 is 11.3 Å². The zero-order valence-electron chi connectivity index (χ0n) is 16.5. The van der Waals surface area contributed by atoms with Crippen LogP contribution in [0.2, 0.25) is 0 Å². The lowest BCUT2D eigenvalue weighted by Gasteiger charge is -2.38. The highest BCUT2D eigenvalue weighted by Crippen LogP contribution is 2.25. The molecule has 1 aliphatic rings. The summed E-state index contributed by atoms with van der Waals surface area (Å²) in [6, 6.07) is 5.62. The number of likely N-dealkylation sites (tertiary alicyclic amines) is 1. The monoisotopic (exact) mass is 420 g/mol. The van der Waals surface area contributed by atoms with Gasteiger partial charge in [0.25, 0.3) is 0 Å². The summed E-state index contributed by atoms with van der Waals surface area (Å²) in [7, 11) is 0. The number of ether oxygens (including phenoxy) is 1. The predicted octanol–water partition coefficient (Wildman–Crippen LogP) is 3.39. The van der Waals surface area contributed by atoms with Crippen molar-refractivity contribution in [1.29, 1.82) is 0 Å². The van der Waals surface area contributed by atoms with E-state index >= 15 is 0 Å². The number of thiophene rings is 1. The number of Topliss-reactive ketones (excluding diaryl/α,β-unsaturated/α-hetero) is 1. The van der Waals surface area contributed by atoms with Crippen LogP contribution in [0.3, 0.4) is 0 Å². The Balaban J connectivity index is 1.21. The Bertz CT molecular complexity index is 768. The van der Waals surface area contributed by atoms with Gasteiger partial charge in [0.15, 0.2) is 11.5 Å². The highest BCUT2D eigenvalue weighted by molar-refractivity contribution is 7.13. The van der Waals surface area contributed by atoms with E-state index in [0.29, 0.717) is 30.2 Å². The molecule has 0 aromatic carbocycles. The van der Waals surface area contributed by atoms with E-state index in [1.807, 2.05) is 17.5 Å². The van der Waals surface area contributed by atoms with Gasteiger partial charge in [-0.05, 0) is 36.8 Å². The largest absolute Gasteiger partial charge is 0.463 e. The van der Waals surface area contributed by atoms with Crippen LogP contribution in [-0.2, 0) is 9.53 Å². The fourth-order valence-corrected chi connectivity index (χ4v) is 4.16. The summed E-state index contributed by atoms with van der Waals surface area (Å²) in [6.07, 6.45) is 5.01. The van der Waals surface area contributed by atoms with Gasteiger partial charge in [-0.2, -0.15) is 0 Å². The fourth-order valence-electron chi connectivity index (χ4n) is 3.49. The zero-order valence-corrected chi connectivity index (χ0v) is 17.4. The first kappa shape index (κ1) is 21.7. The van der Waals surface area contributed by atoms with Gasteiger partial charge in [0.2, 0.25) is 0 Å². The van der Waals surface area contributed by atoms with E-state index < -0.39 is 0 Å². The third-order valence-electron chi connectivity index (χ3n) is 5.03. The van der Waals surface area contributed by atoms with Crippen molar-refractivity contribution < 1.29 is 24.0 Å². The number of carbonyl (C=O) groups is 2. The van der Waals surface area contributed by atoms with Crippen LogP contribution in [0.1, 0.15) is 49.0 Å². The summed E-state index contributed by atoms with van der Waals surface area (Å²) in [5, 5.41) is 14.5. The first-order valence-corrected chi connectivity index (χ1v) is 11.1. The van der Waals surface area contributed by atoms with Gasteiger partial charge in [0, 0.05) is 25.6 Å². The van der Waals surface area contributed by atoms with E-state index in [2.05, 4.69) is 10.1 Å². The smallest absolute Gasteiger partial charge is 0.306 e. The van der Waals surface area contributed by atoms with Crippen molar-refractivity contribution in [3.63, 3.8) is 0 Å². The van der Waals surface area contributed by atoms with Crippen LogP contribution in [-0.4, -0.2) is 59.8 Å². The number of hydrogen-bond donors (Lipinski definition) is 1. The lowest BCUT2D eigenvalue weighted by Crippen LogP contribution is -2.47. The molecule has 1 fully saturated rings. The second-order valence-corrected chi connectivity index (χ2v) is 8.36. The van der Waals surface area contributed by atoms with Gasteiger partial charge in [0.05, 0.1) is 17.9 Å². The summed E-state index contributed by atoms with van der Waals surface area (Å²) < 4.78 is 10.2. The zero-order chi connectivity index (χ0) is 20.5. The molecule has 158 valence electrons. The molecule has 3 rings (SSSR count). The molecular formula is C21H28N2O5S. The highest BCUT2D eigenvalue weighted by Gasteiger charge is 2.28. The van der Waals surface area contributed by atoms with Gasteiger partial charge < -0.3 is 19.3 Å². The van der Waals surface area contributed by atoms with Crippen LogP contribution < -0.4 is 0 Å². The Morgan fingerprint density at radius 2 is 2.10 bits per heavy atom. The third-order valence-corrected chi connectivity index (χ3v) is 5.91. The van der Waals surface area contributed by atoms with Crippen LogP contribution in [0.5, 0.6) is 0 Å². The summed E-state index contributed by atoms with van der Waals surface area (Å²) in [6.45, 7) is 2.87. The van der Waals surface area contributed by atoms with E-state index in [1.165, 1.54) is 0 Å². The number of aliphatic hydroxyl groups is 1. The number of aliphatic hydroxyl groups excluding tert-OH is 1. The van der Waals surface area contributed by atoms with Gasteiger partial charge >= 0.3 is 5.97 Å². The number of aromatic nitrogens is 1. The molecule has 0 aliphatic carbocycles. The first-order chi connectivity index (χ1) is 14.2. The second-order valence-electron chi connectivity index (χ2n) is 7.41. The highest BCUT2D eigenvalue weighted by atomic mass is 32.1. The van der Waals surface area contributed by atoms with Gasteiger partial charge in [-0.3, -0.25) is 9.59 Å². The number of rotatable bonds is 13. The summed E-state index contributed by atoms with van der Waals surface area (Å²) in [5.41, 5.74) is 0.414. The van der Waals surface area contributed by atoms with Crippen LogP contribution in [0.4, 0.5) is 0 Å². The molecule has 0 amide bonds. The Labute approximate surface area is 174 Å². The molecule has 0 radical (unpaired) electrons. The Kier molecular flexibility index (Phi) is 8.39. The third kappa shape index (κ3) is 6.76. The average molecular weight is 421 g/mol. The minimum atomic E-state index is -0.219. The molecular weight excluding hydrogens is 392 g/mol. The van der Waals surface area contributed by atoms with E-state index in [9.17, 15) is 9.59 Å². The van der Waals surface area contributed by atoms with Crippen molar-refractivity contribution in [3.05, 3.63) is 29.3 Å². The van der Waals surface area contributed by atoms with Crippen LogP contribution in [0.15, 0.2) is 28.1 Å². The molecule has 8 heteroatoms. The first-order valence-electron chi connectivity index (χ1n) is 10.2. The van der Waals surface area contributed by atoms with E-state index in [4.69, 9.17) is 14.4 Å². The molecule has 0 saturated carbocycles. The molecule has 0 spiro atoms. The average Bonchev–Trinajstić information content (AvgIpc) is 3.37. The quantitative estimate of drug-likeness (QED) is 0.302. The molecule has 2 aromatic heterocycles. The second kappa shape index (κ2) is 11.2. The molecule has 0 unspecified atom stereocenters. The van der Waals surface area contributed by atoms with Gasteiger partial charge in [-0.25, -0.2) is 0 Å². The molecule has 0 atom stereocenters. The van der Waals surface area contributed by atoms with Crippen LogP contribution in [0, 0.1) is 5.92 Å². The van der Waals surface area contributed by atoms with Crippen molar-refractivity contribution in [2.45, 2.75) is 38.5 Å². The maximum absolute atomic E-state index is 12.2. The standard InChI is InChI=1S/C21H28N2O5S/c24-9-10-27-21(26)12-16-14-23(15-16)8-4-2-1-3-6-18(25)17-13-19(28-22-17)20-7-5-11-29-20/h5,7,11,13,16,24H,1-4,6,8-10,12,14-15H2. The van der Waals surface area contributed by atoms with Crippen molar-refractivity contribution in [2.24, 2.45) is 5.92 Å². The van der Waals surface area contributed by atoms with E-state index in [0.717, 1.165) is 50.2 Å². The van der Waals surface area contributed by atoms with Crippen molar-refractivity contribution >= 4 is 23.1 Å². The van der Waals surface area contributed by atoms with Crippen molar-refractivity contribution in [1.82, 2.24) is 10.1 Å². The number of ketones is 1. The minimum absolute atomic E-state index is 0.0372. The normalized spacial score (nSPS) is 14.7. The maximum Gasteiger partial charge on any atom is 0.306 e. The minimum Gasteiger partial charge on any atom is -0.463 e. The van der Waals surface area contributed by atoms with E-state index in [1.54, 1.807) is 17.4 Å². The lowest BCUT2D eigenvalue weighted by molar-refractivity contribution is -0.147. The molecule has 3 heterocycles. The predicted molar refractivity (Wildman–Crippen MR) is 110 cm³/mol. The van der Waals surface area contributed by atoms with Crippen molar-refractivity contribution in [2.75, 3.05) is 32.8 Å². The fraction of sp³-hybridized carbons (Fsp3) is 0.571. The number of unbranched alkanes of at least 4 members (excludes halogenated alkanes) is 3. The SMILES string of the molecule is O=C(CC1CN(CCCCCCC(=O)c2cc(-c3cccs3)on2)C1)OCCO. The lowest BCUT2D eigenvalue weighted by atomic mass is 9.96. The number of esters is 1. The number of carbonyl (C=O) groups excluding carboxylic acids is 2. The molecule has 0 bridgehead atoms. The van der Waals surface area contributed by atoms with Gasteiger partial charge in [-0.15, -0.1) is 11.3 Å². The molecule has 7 nitrogen and oxygen atoms in total. The molecule has 1 aliphatic heterocycles. The topological polar surface area (TPSA) is 92.9 Å². The van der Waals surface area contributed by atoms with E-state index in [-0.39, 0.29) is 25.0 Å².